The normalized spacial score (nSPS) is 28.9. The third-order valence-corrected chi connectivity index (χ3v) is 12.3. The molecule has 17 heteroatoms. The first kappa shape index (κ1) is 35.0. The molecule has 260 valence electrons. The van der Waals surface area contributed by atoms with Gasteiger partial charge >= 0.3 is 0 Å². The van der Waals surface area contributed by atoms with Crippen LogP contribution in [0.3, 0.4) is 0 Å². The number of hydrogen-bond acceptors (Lipinski definition) is 6. The molecule has 6 unspecified atom stereocenters. The van der Waals surface area contributed by atoms with E-state index in [1.54, 1.807) is 30.3 Å². The van der Waals surface area contributed by atoms with E-state index in [-0.39, 0.29) is 38.9 Å². The van der Waals surface area contributed by atoms with E-state index in [1.807, 2.05) is 0 Å². The summed E-state index contributed by atoms with van der Waals surface area (Å²) in [6, 6.07) is 8.90. The second kappa shape index (κ2) is 11.8. The minimum absolute atomic E-state index is 0.0225. The van der Waals surface area contributed by atoms with E-state index in [4.69, 9.17) is 39.5 Å². The number of halogens is 9. The molecule has 3 aromatic rings. The van der Waals surface area contributed by atoms with Gasteiger partial charge in [0.05, 0.1) is 29.7 Å². The summed E-state index contributed by atoms with van der Waals surface area (Å²) in [5.74, 6) is -22.5. The van der Waals surface area contributed by atoms with Crippen molar-refractivity contribution in [2.45, 2.75) is 28.5 Å². The van der Waals surface area contributed by atoms with Crippen molar-refractivity contribution in [2.75, 3.05) is 16.9 Å². The zero-order valence-electron chi connectivity index (χ0n) is 25.0. The standard InChI is InChI=1S/C33H19Cl3F5IN2O6/c1-50-18-9-11(8-17(34)27(18)45)20-14-6-7-15-19(29(47)43(28(15)46)13-4-2-12(42)3-5-13)16(14)10-32(35)30(48)44(31(49)33(20,32)36)26-24(40)22(38)21(37)23(39)25(26)41/h2-6,8-9,15-16,19-20,45H,7,10H2,1H3. The molecule has 3 fully saturated rings. The van der Waals surface area contributed by atoms with Crippen molar-refractivity contribution in [3.05, 3.63) is 91.3 Å². The van der Waals surface area contributed by atoms with Crippen LogP contribution in [0.5, 0.6) is 11.5 Å². The first-order valence-electron chi connectivity index (χ1n) is 14.7. The van der Waals surface area contributed by atoms with Gasteiger partial charge in [0.1, 0.15) is 5.69 Å². The zero-order valence-corrected chi connectivity index (χ0v) is 29.5. The number of alkyl halides is 2. The predicted octanol–water partition coefficient (Wildman–Crippen LogP) is 7.12. The van der Waals surface area contributed by atoms with Crippen molar-refractivity contribution in [3.63, 3.8) is 0 Å². The monoisotopic (exact) mass is 866 g/mol. The number of benzene rings is 3. The molecule has 4 amide bonds. The summed E-state index contributed by atoms with van der Waals surface area (Å²) in [7, 11) is 1.18. The van der Waals surface area contributed by atoms with Gasteiger partial charge in [-0.15, -0.1) is 23.2 Å². The number of aromatic hydroxyl groups is 1. The van der Waals surface area contributed by atoms with Crippen LogP contribution in [-0.4, -0.2) is 45.6 Å². The highest BCUT2D eigenvalue weighted by Crippen LogP contribution is 2.66. The summed E-state index contributed by atoms with van der Waals surface area (Å²) in [6.45, 7) is 0. The summed E-state index contributed by atoms with van der Waals surface area (Å²) in [4.78, 5) is 51.9. The van der Waals surface area contributed by atoms with Crippen molar-refractivity contribution in [3.8, 4) is 11.5 Å². The SMILES string of the molecule is COc1cc(C2C3=CCC4C(=O)N(c5ccc(I)cc5)C(=O)C4C3CC3(Cl)C(=O)N(c4c(F)c(F)c(F)c(F)c4F)C(=O)C23Cl)cc(Cl)c1O. The molecule has 50 heavy (non-hydrogen) atoms. The van der Waals surface area contributed by atoms with Gasteiger partial charge in [0.2, 0.25) is 17.6 Å². The quantitative estimate of drug-likeness (QED) is 0.0570. The average molecular weight is 868 g/mol. The smallest absolute Gasteiger partial charge is 0.258 e. The van der Waals surface area contributed by atoms with Gasteiger partial charge < -0.3 is 9.84 Å². The van der Waals surface area contributed by atoms with E-state index in [0.29, 0.717) is 0 Å². The highest BCUT2D eigenvalue weighted by Gasteiger charge is 2.77. The van der Waals surface area contributed by atoms with Gasteiger partial charge in [-0.1, -0.05) is 23.3 Å². The molecule has 2 saturated heterocycles. The number of phenols is 1. The van der Waals surface area contributed by atoms with Gasteiger partial charge in [-0.25, -0.2) is 26.9 Å². The Morgan fingerprint density at radius 3 is 2.06 bits per heavy atom. The average Bonchev–Trinajstić information content (AvgIpc) is 3.42. The second-order valence-corrected chi connectivity index (χ2v) is 15.1. The van der Waals surface area contributed by atoms with E-state index in [9.17, 15) is 37.5 Å². The third kappa shape index (κ3) is 4.46. The minimum atomic E-state index is -2.76. The number of nitrogens with zero attached hydrogens (tertiary/aromatic N) is 2. The summed E-state index contributed by atoms with van der Waals surface area (Å²) >= 11 is 22.6. The Kier molecular flexibility index (Phi) is 8.24. The van der Waals surface area contributed by atoms with Crippen LogP contribution in [0, 0.1) is 50.4 Å². The van der Waals surface area contributed by atoms with Gasteiger partial charge in [0.15, 0.2) is 44.5 Å². The molecule has 0 bridgehead atoms. The summed E-state index contributed by atoms with van der Waals surface area (Å²) in [5, 5.41) is 10.2. The number of carbonyl (C=O) groups excluding carboxylic acids is 4. The maximum absolute atomic E-state index is 15.2. The number of amides is 4. The fraction of sp³-hybridized carbons (Fsp3) is 0.273. The topological polar surface area (TPSA) is 104 Å². The Hall–Kier alpha value is -3.47. The van der Waals surface area contributed by atoms with Crippen LogP contribution < -0.4 is 14.5 Å². The first-order valence-corrected chi connectivity index (χ1v) is 16.9. The zero-order chi connectivity index (χ0) is 36.4. The lowest BCUT2D eigenvalue weighted by Crippen LogP contribution is -2.60. The van der Waals surface area contributed by atoms with Crippen LogP contribution in [0.1, 0.15) is 24.3 Å². The van der Waals surface area contributed by atoms with E-state index in [1.165, 1.54) is 19.2 Å². The van der Waals surface area contributed by atoms with E-state index in [2.05, 4.69) is 22.6 Å². The minimum Gasteiger partial charge on any atom is -0.503 e. The molecule has 1 N–H and O–H groups in total. The molecule has 7 rings (SSSR count). The maximum Gasteiger partial charge on any atom is 0.258 e. The number of carbonyl (C=O) groups is 4. The summed E-state index contributed by atoms with van der Waals surface area (Å²) < 4.78 is 79.4. The molecule has 8 nitrogen and oxygen atoms in total. The molecule has 1 saturated carbocycles. The Morgan fingerprint density at radius 2 is 1.46 bits per heavy atom. The Bertz CT molecular complexity index is 2090. The van der Waals surface area contributed by atoms with Crippen LogP contribution in [0.4, 0.5) is 33.3 Å². The van der Waals surface area contributed by atoms with Gasteiger partial charge in [-0.05, 0) is 83.3 Å². The number of allylic oxidation sites excluding steroid dienone is 2. The van der Waals surface area contributed by atoms with Crippen LogP contribution in [0.15, 0.2) is 48.0 Å². The van der Waals surface area contributed by atoms with Crippen LogP contribution in [0.2, 0.25) is 5.02 Å². The largest absolute Gasteiger partial charge is 0.503 e. The molecule has 0 spiro atoms. The van der Waals surface area contributed by atoms with Crippen LogP contribution in [0.25, 0.3) is 0 Å². The number of ether oxygens (including phenoxy) is 1. The molecule has 2 aliphatic carbocycles. The van der Waals surface area contributed by atoms with Crippen LogP contribution in [-0.2, 0) is 19.2 Å². The fourth-order valence-corrected chi connectivity index (χ4v) is 9.22. The van der Waals surface area contributed by atoms with E-state index >= 15 is 8.78 Å². The molecule has 4 aliphatic rings. The van der Waals surface area contributed by atoms with Gasteiger partial charge in [-0.3, -0.25) is 24.1 Å². The molecule has 0 radical (unpaired) electrons. The van der Waals surface area contributed by atoms with E-state index in [0.717, 1.165) is 8.47 Å². The molecule has 3 aromatic carbocycles. The van der Waals surface area contributed by atoms with E-state index < -0.39 is 104 Å². The molecular weight excluding hydrogens is 849 g/mol. The molecule has 6 atom stereocenters. The molecular formula is C33H19Cl3F5IN2O6. The van der Waals surface area contributed by atoms with Gasteiger partial charge in [-0.2, -0.15) is 0 Å². The lowest BCUT2D eigenvalue weighted by molar-refractivity contribution is -0.125. The lowest BCUT2D eigenvalue weighted by atomic mass is 9.56. The Balaban J connectivity index is 1.45. The first-order chi connectivity index (χ1) is 23.5. The highest BCUT2D eigenvalue weighted by molar-refractivity contribution is 14.1. The number of imide groups is 2. The van der Waals surface area contributed by atoms with Crippen molar-refractivity contribution < 1.29 is 51.0 Å². The Labute approximate surface area is 307 Å². The fourth-order valence-electron chi connectivity index (χ4n) is 7.70. The van der Waals surface area contributed by atoms with Crippen molar-refractivity contribution in [1.29, 1.82) is 0 Å². The van der Waals surface area contributed by atoms with Crippen molar-refractivity contribution in [1.82, 2.24) is 0 Å². The summed E-state index contributed by atoms with van der Waals surface area (Å²) in [5.41, 5.74) is -1.42. The third-order valence-electron chi connectivity index (χ3n) is 9.91. The molecule has 0 aromatic heterocycles. The second-order valence-electron chi connectivity index (χ2n) is 12.2. The number of hydrogen-bond donors (Lipinski definition) is 1. The number of methoxy groups -OCH3 is 1. The van der Waals surface area contributed by atoms with Crippen molar-refractivity contribution >= 4 is 92.4 Å². The molecule has 2 aliphatic heterocycles. The van der Waals surface area contributed by atoms with Crippen LogP contribution >= 0.6 is 57.4 Å². The lowest BCUT2D eigenvalue weighted by Gasteiger charge is -2.50. The summed E-state index contributed by atoms with van der Waals surface area (Å²) in [6.07, 6.45) is 0.833. The maximum atomic E-state index is 15.2. The van der Waals surface area contributed by atoms with Crippen molar-refractivity contribution in [2.24, 2.45) is 17.8 Å². The molecule has 2 heterocycles. The highest BCUT2D eigenvalue weighted by atomic mass is 127. The number of anilines is 2. The number of phenolic OH excluding ortho intramolecular Hbond substituents is 1. The number of fused-ring (bicyclic) bond motifs is 4. The van der Waals surface area contributed by atoms with Gasteiger partial charge in [0.25, 0.3) is 11.8 Å². The van der Waals surface area contributed by atoms with Gasteiger partial charge in [0, 0.05) is 9.49 Å². The number of rotatable bonds is 4. The Morgan fingerprint density at radius 1 is 0.860 bits per heavy atom. The predicted molar refractivity (Wildman–Crippen MR) is 178 cm³/mol.